The van der Waals surface area contributed by atoms with Crippen LogP contribution >= 0.6 is 0 Å². The first-order valence-corrected chi connectivity index (χ1v) is 6.41. The molecule has 3 nitrogen and oxygen atoms in total. The summed E-state index contributed by atoms with van der Waals surface area (Å²) in [6.07, 6.45) is 2.57. The summed E-state index contributed by atoms with van der Waals surface area (Å²) >= 11 is 0. The van der Waals surface area contributed by atoms with Crippen LogP contribution in [0.2, 0.25) is 0 Å². The molecule has 1 saturated heterocycles. The van der Waals surface area contributed by atoms with Crippen molar-refractivity contribution >= 4 is 5.69 Å². The molecule has 1 fully saturated rings. The SMILES string of the molecule is N#Cc1ccc(N2CCCC(CCO)C2)c(F)c1F. The van der Waals surface area contributed by atoms with Gasteiger partial charge in [-0.1, -0.05) is 0 Å². The Morgan fingerprint density at radius 2 is 2.16 bits per heavy atom. The van der Waals surface area contributed by atoms with Crippen LogP contribution in [-0.4, -0.2) is 24.8 Å². The molecule has 1 unspecified atom stereocenters. The van der Waals surface area contributed by atoms with E-state index in [1.807, 2.05) is 0 Å². The van der Waals surface area contributed by atoms with Crippen LogP contribution in [0.3, 0.4) is 0 Å². The number of anilines is 1. The second-order valence-electron chi connectivity index (χ2n) is 4.84. The number of aliphatic hydroxyl groups excluding tert-OH is 1. The maximum absolute atomic E-state index is 13.9. The first-order chi connectivity index (χ1) is 9.17. The molecule has 1 aromatic rings. The molecule has 19 heavy (non-hydrogen) atoms. The zero-order valence-corrected chi connectivity index (χ0v) is 10.6. The van der Waals surface area contributed by atoms with Crippen LogP contribution < -0.4 is 4.90 Å². The van der Waals surface area contributed by atoms with Gasteiger partial charge >= 0.3 is 0 Å². The van der Waals surface area contributed by atoms with Crippen LogP contribution in [0.5, 0.6) is 0 Å². The molecule has 0 aromatic heterocycles. The first kappa shape index (κ1) is 13.8. The highest BCUT2D eigenvalue weighted by molar-refractivity contribution is 5.52. The lowest BCUT2D eigenvalue weighted by molar-refractivity contribution is 0.244. The van der Waals surface area contributed by atoms with Gasteiger partial charge in [-0.3, -0.25) is 0 Å². The Morgan fingerprint density at radius 3 is 2.84 bits per heavy atom. The van der Waals surface area contributed by atoms with Crippen molar-refractivity contribution in [2.45, 2.75) is 19.3 Å². The van der Waals surface area contributed by atoms with E-state index in [4.69, 9.17) is 10.4 Å². The molecular weight excluding hydrogens is 250 g/mol. The summed E-state index contributed by atoms with van der Waals surface area (Å²) < 4.78 is 27.5. The molecule has 1 atom stereocenters. The number of halogens is 2. The highest BCUT2D eigenvalue weighted by Gasteiger charge is 2.24. The van der Waals surface area contributed by atoms with Crippen molar-refractivity contribution < 1.29 is 13.9 Å². The Labute approximate surface area is 111 Å². The average Bonchev–Trinajstić information content (AvgIpc) is 2.42. The lowest BCUT2D eigenvalue weighted by Gasteiger charge is -2.34. The van der Waals surface area contributed by atoms with Crippen molar-refractivity contribution in [2.24, 2.45) is 5.92 Å². The van der Waals surface area contributed by atoms with E-state index in [-0.39, 0.29) is 17.9 Å². The fraction of sp³-hybridized carbons (Fsp3) is 0.500. The van der Waals surface area contributed by atoms with Gasteiger partial charge in [0.2, 0.25) is 0 Å². The third kappa shape index (κ3) is 2.85. The summed E-state index contributed by atoms with van der Waals surface area (Å²) in [5.41, 5.74) is -0.0655. The monoisotopic (exact) mass is 266 g/mol. The fourth-order valence-corrected chi connectivity index (χ4v) is 2.57. The number of rotatable bonds is 3. The van der Waals surface area contributed by atoms with Crippen LogP contribution in [0.25, 0.3) is 0 Å². The van der Waals surface area contributed by atoms with Gasteiger partial charge in [-0.05, 0) is 37.3 Å². The molecule has 1 N–H and O–H groups in total. The molecule has 1 aliphatic heterocycles. The van der Waals surface area contributed by atoms with E-state index < -0.39 is 11.6 Å². The van der Waals surface area contributed by atoms with E-state index in [1.165, 1.54) is 12.1 Å². The topological polar surface area (TPSA) is 47.3 Å². The number of piperidine rings is 1. The molecule has 1 heterocycles. The summed E-state index contributed by atoms with van der Waals surface area (Å²) in [6.45, 7) is 1.40. The predicted molar refractivity (Wildman–Crippen MR) is 67.7 cm³/mol. The molecule has 0 bridgehead atoms. The highest BCUT2D eigenvalue weighted by Crippen LogP contribution is 2.29. The molecule has 0 aliphatic carbocycles. The molecule has 0 radical (unpaired) electrons. The third-order valence-corrected chi connectivity index (χ3v) is 3.58. The average molecular weight is 266 g/mol. The van der Waals surface area contributed by atoms with Crippen molar-refractivity contribution in [3.05, 3.63) is 29.3 Å². The van der Waals surface area contributed by atoms with Gasteiger partial charge in [0.05, 0.1) is 11.3 Å². The number of benzene rings is 1. The Kier molecular flexibility index (Phi) is 4.33. The van der Waals surface area contributed by atoms with Crippen molar-refractivity contribution in [2.75, 3.05) is 24.6 Å². The van der Waals surface area contributed by atoms with Crippen LogP contribution in [0, 0.1) is 28.9 Å². The minimum Gasteiger partial charge on any atom is -0.396 e. The Hall–Kier alpha value is -1.67. The standard InChI is InChI=1S/C14H16F2N2O/c15-13-11(8-17)3-4-12(14(13)16)18-6-1-2-10(9-18)5-7-19/h3-4,10,19H,1-2,5-7,9H2. The Balaban J connectivity index is 2.22. The van der Waals surface area contributed by atoms with Crippen LogP contribution in [0.1, 0.15) is 24.8 Å². The summed E-state index contributed by atoms with van der Waals surface area (Å²) in [5, 5.41) is 17.6. The quantitative estimate of drug-likeness (QED) is 0.914. The smallest absolute Gasteiger partial charge is 0.183 e. The predicted octanol–water partition coefficient (Wildman–Crippen LogP) is 2.44. The molecule has 1 aliphatic rings. The Bertz CT molecular complexity index is 497. The lowest BCUT2D eigenvalue weighted by Crippen LogP contribution is -2.36. The molecule has 0 amide bonds. The van der Waals surface area contributed by atoms with Gasteiger partial charge in [-0.2, -0.15) is 5.26 Å². The zero-order valence-electron chi connectivity index (χ0n) is 10.6. The summed E-state index contributed by atoms with van der Waals surface area (Å²) in [5.74, 6) is -1.73. The van der Waals surface area contributed by atoms with Crippen molar-refractivity contribution in [3.8, 4) is 6.07 Å². The maximum Gasteiger partial charge on any atom is 0.183 e. The van der Waals surface area contributed by atoms with E-state index in [9.17, 15) is 8.78 Å². The summed E-state index contributed by atoms with van der Waals surface area (Å²) in [6, 6.07) is 4.39. The van der Waals surface area contributed by atoms with Gasteiger partial charge < -0.3 is 10.0 Å². The van der Waals surface area contributed by atoms with Gasteiger partial charge in [0.1, 0.15) is 6.07 Å². The maximum atomic E-state index is 13.9. The molecule has 2 rings (SSSR count). The van der Waals surface area contributed by atoms with E-state index in [0.29, 0.717) is 25.4 Å². The molecule has 1 aromatic carbocycles. The molecule has 102 valence electrons. The largest absolute Gasteiger partial charge is 0.396 e. The van der Waals surface area contributed by atoms with Gasteiger partial charge in [-0.15, -0.1) is 0 Å². The lowest BCUT2D eigenvalue weighted by atomic mass is 9.94. The third-order valence-electron chi connectivity index (χ3n) is 3.58. The van der Waals surface area contributed by atoms with Crippen molar-refractivity contribution in [1.82, 2.24) is 0 Å². The van der Waals surface area contributed by atoms with E-state index in [2.05, 4.69) is 0 Å². The molecular formula is C14H16F2N2O. The van der Waals surface area contributed by atoms with Gasteiger partial charge in [-0.25, -0.2) is 8.78 Å². The van der Waals surface area contributed by atoms with E-state index >= 15 is 0 Å². The number of nitrogens with zero attached hydrogens (tertiary/aromatic N) is 2. The number of nitriles is 1. The Morgan fingerprint density at radius 1 is 1.37 bits per heavy atom. The number of aliphatic hydroxyl groups is 1. The van der Waals surface area contributed by atoms with Gasteiger partial charge in [0.25, 0.3) is 0 Å². The highest BCUT2D eigenvalue weighted by atomic mass is 19.2. The molecule has 0 saturated carbocycles. The number of hydrogen-bond acceptors (Lipinski definition) is 3. The minimum absolute atomic E-state index is 0.114. The summed E-state index contributed by atoms with van der Waals surface area (Å²) in [7, 11) is 0. The second kappa shape index (κ2) is 5.98. The van der Waals surface area contributed by atoms with Crippen molar-refractivity contribution in [3.63, 3.8) is 0 Å². The van der Waals surface area contributed by atoms with Crippen molar-refractivity contribution in [1.29, 1.82) is 5.26 Å². The summed E-state index contributed by atoms with van der Waals surface area (Å²) in [4.78, 5) is 1.80. The fourth-order valence-electron chi connectivity index (χ4n) is 2.57. The molecule has 0 spiro atoms. The van der Waals surface area contributed by atoms with Crippen LogP contribution in [0.15, 0.2) is 12.1 Å². The van der Waals surface area contributed by atoms with Crippen LogP contribution in [-0.2, 0) is 0 Å². The van der Waals surface area contributed by atoms with Gasteiger partial charge in [0, 0.05) is 19.7 Å². The van der Waals surface area contributed by atoms with Gasteiger partial charge in [0.15, 0.2) is 11.6 Å². The van der Waals surface area contributed by atoms with E-state index in [0.717, 1.165) is 12.8 Å². The van der Waals surface area contributed by atoms with E-state index in [1.54, 1.807) is 11.0 Å². The second-order valence-corrected chi connectivity index (χ2v) is 4.84. The first-order valence-electron chi connectivity index (χ1n) is 6.41. The zero-order chi connectivity index (χ0) is 13.8. The molecule has 5 heteroatoms. The normalized spacial score (nSPS) is 19.3. The number of hydrogen-bond donors (Lipinski definition) is 1. The minimum atomic E-state index is -1.08. The van der Waals surface area contributed by atoms with Crippen LogP contribution in [0.4, 0.5) is 14.5 Å².